The summed E-state index contributed by atoms with van der Waals surface area (Å²) in [5, 5.41) is 11.8. The molecule has 0 aliphatic carbocycles. The summed E-state index contributed by atoms with van der Waals surface area (Å²) in [4.78, 5) is 2.16. The normalized spacial score (nSPS) is 10.7. The molecule has 0 fully saturated rings. The Morgan fingerprint density at radius 3 is 2.83 bits per heavy atom. The zero-order valence-corrected chi connectivity index (χ0v) is 12.5. The Balaban J connectivity index is 2.62. The molecule has 0 bridgehead atoms. The molecule has 0 aromatic heterocycles. The highest BCUT2D eigenvalue weighted by atomic mass is 79.9. The third kappa shape index (κ3) is 4.94. The number of aliphatic hydroxyl groups excluding tert-OH is 1. The Morgan fingerprint density at radius 2 is 2.17 bits per heavy atom. The van der Waals surface area contributed by atoms with Crippen molar-refractivity contribution in [2.45, 2.75) is 6.54 Å². The molecule has 0 aliphatic rings. The SMILES string of the molecule is CNCc1cc(Br)ccc1N(C)CCOCCO. The maximum atomic E-state index is 8.64. The smallest absolute Gasteiger partial charge is 0.0698 e. The van der Waals surface area contributed by atoms with Gasteiger partial charge in [-0.1, -0.05) is 15.9 Å². The number of halogens is 1. The average molecular weight is 317 g/mol. The average Bonchev–Trinajstić information content (AvgIpc) is 2.35. The predicted molar refractivity (Wildman–Crippen MR) is 78.1 cm³/mol. The molecule has 0 aliphatic heterocycles. The minimum Gasteiger partial charge on any atom is -0.394 e. The van der Waals surface area contributed by atoms with Crippen molar-refractivity contribution >= 4 is 21.6 Å². The van der Waals surface area contributed by atoms with E-state index in [-0.39, 0.29) is 6.61 Å². The van der Waals surface area contributed by atoms with E-state index in [1.54, 1.807) is 0 Å². The molecule has 0 saturated carbocycles. The fraction of sp³-hybridized carbons (Fsp3) is 0.538. The first-order valence-corrected chi connectivity index (χ1v) is 6.81. The lowest BCUT2D eigenvalue weighted by Gasteiger charge is -2.22. The first-order valence-electron chi connectivity index (χ1n) is 6.01. The molecule has 0 unspecified atom stereocenters. The van der Waals surface area contributed by atoms with Gasteiger partial charge in [0.15, 0.2) is 0 Å². The number of hydrogen-bond acceptors (Lipinski definition) is 4. The summed E-state index contributed by atoms with van der Waals surface area (Å²) in [5.41, 5.74) is 2.44. The number of aliphatic hydroxyl groups is 1. The van der Waals surface area contributed by atoms with Crippen LogP contribution in [0.15, 0.2) is 22.7 Å². The molecular weight excluding hydrogens is 296 g/mol. The monoisotopic (exact) mass is 316 g/mol. The Bertz CT molecular complexity index is 361. The molecule has 4 nitrogen and oxygen atoms in total. The number of hydrogen-bond donors (Lipinski definition) is 2. The number of rotatable bonds is 8. The lowest BCUT2D eigenvalue weighted by atomic mass is 10.1. The summed E-state index contributed by atoms with van der Waals surface area (Å²) in [7, 11) is 3.99. The van der Waals surface area contributed by atoms with Crippen molar-refractivity contribution in [1.29, 1.82) is 0 Å². The summed E-state index contributed by atoms with van der Waals surface area (Å²) in [5.74, 6) is 0. The number of benzene rings is 1. The largest absolute Gasteiger partial charge is 0.394 e. The van der Waals surface area contributed by atoms with Gasteiger partial charge in [0, 0.05) is 30.3 Å². The van der Waals surface area contributed by atoms with Crippen LogP contribution >= 0.6 is 15.9 Å². The molecule has 5 heteroatoms. The minimum atomic E-state index is 0.0764. The van der Waals surface area contributed by atoms with Gasteiger partial charge in [0.25, 0.3) is 0 Å². The van der Waals surface area contributed by atoms with Gasteiger partial charge >= 0.3 is 0 Å². The number of likely N-dealkylation sites (N-methyl/N-ethyl adjacent to an activating group) is 1. The number of nitrogens with zero attached hydrogens (tertiary/aromatic N) is 1. The minimum absolute atomic E-state index is 0.0764. The van der Waals surface area contributed by atoms with E-state index in [9.17, 15) is 0 Å². The van der Waals surface area contributed by atoms with Crippen molar-refractivity contribution in [3.63, 3.8) is 0 Å². The third-order valence-corrected chi connectivity index (χ3v) is 3.12. The fourth-order valence-corrected chi connectivity index (χ4v) is 2.16. The van der Waals surface area contributed by atoms with Crippen LogP contribution in [0.5, 0.6) is 0 Å². The first-order chi connectivity index (χ1) is 8.69. The summed E-state index contributed by atoms with van der Waals surface area (Å²) in [6.07, 6.45) is 0. The Morgan fingerprint density at radius 1 is 1.39 bits per heavy atom. The van der Waals surface area contributed by atoms with Gasteiger partial charge in [0.1, 0.15) is 0 Å². The van der Waals surface area contributed by atoms with E-state index in [0.717, 1.165) is 17.6 Å². The molecule has 1 aromatic rings. The van der Waals surface area contributed by atoms with Crippen molar-refractivity contribution in [3.8, 4) is 0 Å². The molecule has 1 aromatic carbocycles. The maximum absolute atomic E-state index is 8.64. The van der Waals surface area contributed by atoms with Crippen LogP contribution < -0.4 is 10.2 Å². The molecule has 0 radical (unpaired) electrons. The van der Waals surface area contributed by atoms with Gasteiger partial charge in [-0.05, 0) is 30.8 Å². The summed E-state index contributed by atoms with van der Waals surface area (Å²) < 4.78 is 6.37. The molecule has 2 N–H and O–H groups in total. The van der Waals surface area contributed by atoms with Crippen molar-refractivity contribution in [2.24, 2.45) is 0 Å². The third-order valence-electron chi connectivity index (χ3n) is 2.63. The fourth-order valence-electron chi connectivity index (χ4n) is 1.75. The van der Waals surface area contributed by atoms with E-state index in [1.165, 1.54) is 11.3 Å². The molecular formula is C13H21BrN2O2. The van der Waals surface area contributed by atoms with Gasteiger partial charge < -0.3 is 20.1 Å². The van der Waals surface area contributed by atoms with Crippen LogP contribution in [-0.2, 0) is 11.3 Å². The summed E-state index contributed by atoms with van der Waals surface area (Å²) in [6.45, 7) is 2.73. The van der Waals surface area contributed by atoms with Gasteiger partial charge in [0.2, 0.25) is 0 Å². The van der Waals surface area contributed by atoms with Crippen LogP contribution in [0.1, 0.15) is 5.56 Å². The number of nitrogens with one attached hydrogen (secondary N) is 1. The van der Waals surface area contributed by atoms with Crippen LogP contribution in [0.25, 0.3) is 0 Å². The molecule has 0 atom stereocenters. The Hall–Kier alpha value is -0.620. The second kappa shape index (κ2) is 8.48. The van der Waals surface area contributed by atoms with E-state index >= 15 is 0 Å². The van der Waals surface area contributed by atoms with Crippen molar-refractivity contribution in [1.82, 2.24) is 5.32 Å². The highest BCUT2D eigenvalue weighted by molar-refractivity contribution is 9.10. The molecule has 1 rings (SSSR count). The zero-order chi connectivity index (χ0) is 13.4. The molecule has 0 heterocycles. The highest BCUT2D eigenvalue weighted by Crippen LogP contribution is 2.23. The van der Waals surface area contributed by atoms with Crippen LogP contribution in [-0.4, -0.2) is 45.6 Å². The van der Waals surface area contributed by atoms with E-state index in [1.807, 2.05) is 20.2 Å². The predicted octanol–water partition coefficient (Wildman–Crippen LogP) is 1.61. The Labute approximate surface area is 117 Å². The molecule has 0 spiro atoms. The van der Waals surface area contributed by atoms with Gasteiger partial charge in [-0.3, -0.25) is 0 Å². The van der Waals surface area contributed by atoms with Crippen LogP contribution in [0.2, 0.25) is 0 Å². The topological polar surface area (TPSA) is 44.7 Å². The van der Waals surface area contributed by atoms with Gasteiger partial charge in [0.05, 0.1) is 19.8 Å². The van der Waals surface area contributed by atoms with E-state index in [2.05, 4.69) is 38.3 Å². The van der Waals surface area contributed by atoms with Crippen molar-refractivity contribution in [3.05, 3.63) is 28.2 Å². The molecule has 18 heavy (non-hydrogen) atoms. The van der Waals surface area contributed by atoms with Crippen LogP contribution in [0.4, 0.5) is 5.69 Å². The molecule has 0 saturated heterocycles. The van der Waals surface area contributed by atoms with Crippen LogP contribution in [0, 0.1) is 0 Å². The second-order valence-corrected chi connectivity index (χ2v) is 4.98. The van der Waals surface area contributed by atoms with Gasteiger partial charge in [-0.25, -0.2) is 0 Å². The quantitative estimate of drug-likeness (QED) is 0.715. The maximum Gasteiger partial charge on any atom is 0.0698 e. The lowest BCUT2D eigenvalue weighted by molar-refractivity contribution is 0.0971. The first kappa shape index (κ1) is 15.4. The van der Waals surface area contributed by atoms with E-state index in [4.69, 9.17) is 9.84 Å². The molecule has 0 amide bonds. The summed E-state index contributed by atoms with van der Waals surface area (Å²) >= 11 is 3.49. The van der Waals surface area contributed by atoms with Gasteiger partial charge in [-0.2, -0.15) is 0 Å². The Kier molecular flexibility index (Phi) is 7.27. The summed E-state index contributed by atoms with van der Waals surface area (Å²) in [6, 6.07) is 6.26. The standard InChI is InChI=1S/C13H21BrN2O2/c1-15-10-11-9-12(14)3-4-13(11)16(2)5-7-18-8-6-17/h3-4,9,15,17H,5-8,10H2,1-2H3. The van der Waals surface area contributed by atoms with Crippen molar-refractivity contribution in [2.75, 3.05) is 45.4 Å². The number of anilines is 1. The van der Waals surface area contributed by atoms with E-state index in [0.29, 0.717) is 13.2 Å². The zero-order valence-electron chi connectivity index (χ0n) is 10.9. The van der Waals surface area contributed by atoms with Gasteiger partial charge in [-0.15, -0.1) is 0 Å². The van der Waals surface area contributed by atoms with Crippen LogP contribution in [0.3, 0.4) is 0 Å². The lowest BCUT2D eigenvalue weighted by Crippen LogP contribution is -2.25. The van der Waals surface area contributed by atoms with Crippen molar-refractivity contribution < 1.29 is 9.84 Å². The molecule has 102 valence electrons. The second-order valence-electron chi connectivity index (χ2n) is 4.06. The van der Waals surface area contributed by atoms with E-state index < -0.39 is 0 Å². The highest BCUT2D eigenvalue weighted by Gasteiger charge is 2.07. The number of ether oxygens (including phenoxy) is 1.